The lowest BCUT2D eigenvalue weighted by Gasteiger charge is -2.10. The van der Waals surface area contributed by atoms with Gasteiger partial charge in [0.2, 0.25) is 0 Å². The van der Waals surface area contributed by atoms with E-state index in [2.05, 4.69) is 44.1 Å². The Balaban J connectivity index is 2.37. The van der Waals surface area contributed by atoms with Gasteiger partial charge in [0.05, 0.1) is 16.8 Å². The van der Waals surface area contributed by atoms with Gasteiger partial charge in [0.25, 0.3) is 0 Å². The summed E-state index contributed by atoms with van der Waals surface area (Å²) in [6.45, 7) is 10.3. The molecule has 0 spiro atoms. The first-order chi connectivity index (χ1) is 9.17. The lowest BCUT2D eigenvalue weighted by atomic mass is 10.1. The number of aryl methyl sites for hydroxylation is 1. The van der Waals surface area contributed by atoms with Gasteiger partial charge in [-0.2, -0.15) is 0 Å². The van der Waals surface area contributed by atoms with Gasteiger partial charge < -0.3 is 10.1 Å². The summed E-state index contributed by atoms with van der Waals surface area (Å²) in [5, 5.41) is 4.37. The molecule has 1 heterocycles. The van der Waals surface area contributed by atoms with Crippen LogP contribution in [0.5, 0.6) is 5.75 Å². The summed E-state index contributed by atoms with van der Waals surface area (Å²) < 4.78 is 7.03. The fourth-order valence-corrected chi connectivity index (χ4v) is 2.94. The highest BCUT2D eigenvalue weighted by Crippen LogP contribution is 2.35. The minimum absolute atomic E-state index is 0.769. The maximum absolute atomic E-state index is 5.82. The second kappa shape index (κ2) is 6.24. The lowest BCUT2D eigenvalue weighted by molar-refractivity contribution is 0.315. The molecule has 104 valence electrons. The quantitative estimate of drug-likeness (QED) is 0.843. The topological polar surface area (TPSA) is 34.2 Å². The molecule has 0 atom stereocenters. The molecule has 0 unspecified atom stereocenters. The van der Waals surface area contributed by atoms with Gasteiger partial charge in [0.15, 0.2) is 5.13 Å². The van der Waals surface area contributed by atoms with Gasteiger partial charge in [-0.05, 0) is 43.9 Å². The van der Waals surface area contributed by atoms with E-state index >= 15 is 0 Å². The number of thiazole rings is 1. The van der Waals surface area contributed by atoms with Crippen LogP contribution in [0.4, 0.5) is 5.13 Å². The van der Waals surface area contributed by atoms with Crippen LogP contribution in [0.3, 0.4) is 0 Å². The van der Waals surface area contributed by atoms with Crippen LogP contribution in [0, 0.1) is 13.8 Å². The first-order valence-corrected chi connectivity index (χ1v) is 7.76. The molecule has 0 aliphatic heterocycles. The van der Waals surface area contributed by atoms with Crippen LogP contribution in [0.1, 0.15) is 37.8 Å². The molecule has 3 nitrogen and oxygen atoms in total. The molecule has 4 heteroatoms. The fraction of sp³-hybridized carbons (Fsp3) is 0.533. The van der Waals surface area contributed by atoms with Crippen LogP contribution in [-0.2, 0) is 0 Å². The summed E-state index contributed by atoms with van der Waals surface area (Å²) in [6.07, 6.45) is 2.14. The molecule has 1 aromatic heterocycles. The van der Waals surface area contributed by atoms with E-state index < -0.39 is 0 Å². The molecule has 19 heavy (non-hydrogen) atoms. The monoisotopic (exact) mass is 278 g/mol. The SMILES string of the molecule is CCCNc1nc2c(C)c(C)c(OCCC)cc2s1. The number of nitrogens with one attached hydrogen (secondary N) is 1. The molecule has 0 amide bonds. The Morgan fingerprint density at radius 2 is 2.00 bits per heavy atom. The minimum Gasteiger partial charge on any atom is -0.493 e. The van der Waals surface area contributed by atoms with E-state index in [1.54, 1.807) is 11.3 Å². The van der Waals surface area contributed by atoms with Crippen molar-refractivity contribution in [3.8, 4) is 5.75 Å². The minimum atomic E-state index is 0.769. The highest BCUT2D eigenvalue weighted by Gasteiger charge is 2.12. The van der Waals surface area contributed by atoms with Crippen molar-refractivity contribution >= 4 is 26.7 Å². The average molecular weight is 278 g/mol. The molecule has 0 aliphatic carbocycles. The van der Waals surface area contributed by atoms with Gasteiger partial charge in [-0.25, -0.2) is 4.98 Å². The highest BCUT2D eigenvalue weighted by molar-refractivity contribution is 7.22. The van der Waals surface area contributed by atoms with Crippen molar-refractivity contribution in [1.82, 2.24) is 4.98 Å². The molecule has 0 aliphatic rings. The van der Waals surface area contributed by atoms with E-state index in [1.165, 1.54) is 15.8 Å². The van der Waals surface area contributed by atoms with E-state index in [4.69, 9.17) is 4.74 Å². The Bertz CT molecular complexity index is 563. The number of anilines is 1. The summed E-state index contributed by atoms with van der Waals surface area (Å²) in [4.78, 5) is 4.68. The van der Waals surface area contributed by atoms with Crippen molar-refractivity contribution in [3.63, 3.8) is 0 Å². The Labute approximate surface area is 119 Å². The molecular formula is C15H22N2OS. The van der Waals surface area contributed by atoms with Crippen LogP contribution >= 0.6 is 11.3 Å². The van der Waals surface area contributed by atoms with Crippen LogP contribution in [0.25, 0.3) is 10.2 Å². The van der Waals surface area contributed by atoms with Gasteiger partial charge >= 0.3 is 0 Å². The van der Waals surface area contributed by atoms with Crippen LogP contribution < -0.4 is 10.1 Å². The Morgan fingerprint density at radius 3 is 2.68 bits per heavy atom. The van der Waals surface area contributed by atoms with Crippen LogP contribution in [0.2, 0.25) is 0 Å². The standard InChI is InChI=1S/C15H22N2OS/c1-5-7-16-15-17-14-11(4)10(3)12(18-8-6-2)9-13(14)19-15/h9H,5-8H2,1-4H3,(H,16,17). The third-order valence-corrected chi connectivity index (χ3v) is 4.15. The largest absolute Gasteiger partial charge is 0.493 e. The average Bonchev–Trinajstić information content (AvgIpc) is 2.82. The first-order valence-electron chi connectivity index (χ1n) is 6.94. The summed E-state index contributed by atoms with van der Waals surface area (Å²) in [7, 11) is 0. The van der Waals surface area contributed by atoms with Gasteiger partial charge in [0.1, 0.15) is 5.75 Å². The third-order valence-electron chi connectivity index (χ3n) is 3.19. The molecule has 0 bridgehead atoms. The van der Waals surface area contributed by atoms with Crippen molar-refractivity contribution in [2.24, 2.45) is 0 Å². The maximum Gasteiger partial charge on any atom is 0.183 e. The molecule has 0 fully saturated rings. The van der Waals surface area contributed by atoms with Crippen molar-refractivity contribution < 1.29 is 4.74 Å². The van der Waals surface area contributed by atoms with E-state index in [0.717, 1.165) is 42.4 Å². The number of aromatic nitrogens is 1. The molecule has 2 rings (SSSR count). The zero-order chi connectivity index (χ0) is 13.8. The number of nitrogens with zero attached hydrogens (tertiary/aromatic N) is 1. The summed E-state index contributed by atoms with van der Waals surface area (Å²) in [6, 6.07) is 2.13. The normalized spacial score (nSPS) is 10.9. The van der Waals surface area contributed by atoms with E-state index in [1.807, 2.05) is 0 Å². The van der Waals surface area contributed by atoms with Gasteiger partial charge in [-0.15, -0.1) is 0 Å². The summed E-state index contributed by atoms with van der Waals surface area (Å²) in [5.74, 6) is 0.998. The van der Waals surface area contributed by atoms with E-state index in [9.17, 15) is 0 Å². The maximum atomic E-state index is 5.82. The third kappa shape index (κ3) is 3.00. The summed E-state index contributed by atoms with van der Waals surface area (Å²) in [5.41, 5.74) is 3.53. The molecular weight excluding hydrogens is 256 g/mol. The van der Waals surface area contributed by atoms with E-state index in [0.29, 0.717) is 0 Å². The van der Waals surface area contributed by atoms with Crippen molar-refractivity contribution in [2.45, 2.75) is 40.5 Å². The zero-order valence-electron chi connectivity index (χ0n) is 12.2. The highest BCUT2D eigenvalue weighted by atomic mass is 32.1. The molecule has 0 saturated carbocycles. The Morgan fingerprint density at radius 1 is 1.21 bits per heavy atom. The van der Waals surface area contributed by atoms with Crippen LogP contribution in [-0.4, -0.2) is 18.1 Å². The Hall–Kier alpha value is -1.29. The lowest BCUT2D eigenvalue weighted by Crippen LogP contribution is -1.99. The molecule has 1 N–H and O–H groups in total. The number of benzene rings is 1. The van der Waals surface area contributed by atoms with Gasteiger partial charge in [0, 0.05) is 6.54 Å². The first kappa shape index (κ1) is 14.1. The molecule has 1 aromatic carbocycles. The second-order valence-electron chi connectivity index (χ2n) is 4.77. The number of hydrogen-bond donors (Lipinski definition) is 1. The number of rotatable bonds is 6. The molecule has 0 saturated heterocycles. The predicted octanol–water partition coefficient (Wildman–Crippen LogP) is 4.52. The predicted molar refractivity (Wildman–Crippen MR) is 83.7 cm³/mol. The fourth-order valence-electron chi connectivity index (χ4n) is 1.96. The number of fused-ring (bicyclic) bond motifs is 1. The van der Waals surface area contributed by atoms with Crippen molar-refractivity contribution in [2.75, 3.05) is 18.5 Å². The van der Waals surface area contributed by atoms with E-state index in [-0.39, 0.29) is 0 Å². The van der Waals surface area contributed by atoms with Gasteiger partial charge in [-0.3, -0.25) is 0 Å². The summed E-state index contributed by atoms with van der Waals surface area (Å²) >= 11 is 1.71. The van der Waals surface area contributed by atoms with Crippen molar-refractivity contribution in [3.05, 3.63) is 17.2 Å². The number of ether oxygens (including phenoxy) is 1. The van der Waals surface area contributed by atoms with Crippen molar-refractivity contribution in [1.29, 1.82) is 0 Å². The zero-order valence-corrected chi connectivity index (χ0v) is 13.0. The van der Waals surface area contributed by atoms with Crippen LogP contribution in [0.15, 0.2) is 6.07 Å². The Kier molecular flexibility index (Phi) is 4.64. The molecule has 2 aromatic rings. The van der Waals surface area contributed by atoms with Gasteiger partial charge in [-0.1, -0.05) is 25.2 Å². The second-order valence-corrected chi connectivity index (χ2v) is 5.80. The number of hydrogen-bond acceptors (Lipinski definition) is 4. The molecule has 0 radical (unpaired) electrons. The smallest absolute Gasteiger partial charge is 0.183 e.